The summed E-state index contributed by atoms with van der Waals surface area (Å²) in [7, 11) is 0. The van der Waals surface area contributed by atoms with Gasteiger partial charge < -0.3 is 10.2 Å². The van der Waals surface area contributed by atoms with Gasteiger partial charge >= 0.3 is 0 Å². The van der Waals surface area contributed by atoms with Crippen molar-refractivity contribution in [2.75, 3.05) is 5.32 Å². The van der Waals surface area contributed by atoms with E-state index in [9.17, 15) is 9.59 Å². The molecule has 5 rings (SSSR count). The summed E-state index contributed by atoms with van der Waals surface area (Å²) in [4.78, 5) is 33.9. The van der Waals surface area contributed by atoms with Crippen LogP contribution in [0.15, 0.2) is 48.8 Å². The number of hydrogen-bond donors (Lipinski definition) is 1. The minimum Gasteiger partial charge on any atom is -0.329 e. The number of amides is 2. The average Bonchev–Trinajstić information content (AvgIpc) is 3.29. The Bertz CT molecular complexity index is 930. The van der Waals surface area contributed by atoms with Gasteiger partial charge in [0.25, 0.3) is 5.91 Å². The van der Waals surface area contributed by atoms with E-state index in [4.69, 9.17) is 0 Å². The molecule has 1 aromatic carbocycles. The van der Waals surface area contributed by atoms with Crippen LogP contribution in [0.5, 0.6) is 0 Å². The number of pyridine rings is 1. The smallest absolute Gasteiger partial charge is 0.254 e. The van der Waals surface area contributed by atoms with Crippen LogP contribution in [0.4, 0.5) is 5.69 Å². The summed E-state index contributed by atoms with van der Waals surface area (Å²) in [6, 6.07) is 11.7. The molecule has 1 spiro atoms. The van der Waals surface area contributed by atoms with Crippen molar-refractivity contribution in [1.29, 1.82) is 0 Å². The van der Waals surface area contributed by atoms with Gasteiger partial charge in [0.05, 0.1) is 23.3 Å². The number of fused-ring (bicyclic) bond motifs is 1. The van der Waals surface area contributed by atoms with Gasteiger partial charge in [0.15, 0.2) is 0 Å². The molecule has 2 amide bonds. The predicted molar refractivity (Wildman–Crippen MR) is 116 cm³/mol. The van der Waals surface area contributed by atoms with Crippen molar-refractivity contribution < 1.29 is 9.59 Å². The van der Waals surface area contributed by atoms with E-state index in [2.05, 4.69) is 15.2 Å². The lowest BCUT2D eigenvalue weighted by molar-refractivity contribution is -0.123. The third kappa shape index (κ3) is 3.11. The highest BCUT2D eigenvalue weighted by molar-refractivity contribution is 6.05. The Hall–Kier alpha value is -2.69. The molecule has 2 aromatic rings. The van der Waals surface area contributed by atoms with Crippen LogP contribution in [0.3, 0.4) is 0 Å². The minimum absolute atomic E-state index is 0.0205. The van der Waals surface area contributed by atoms with Gasteiger partial charge in [0, 0.05) is 17.8 Å². The Balaban J connectivity index is 1.63. The maximum Gasteiger partial charge on any atom is 0.254 e. The Morgan fingerprint density at radius 2 is 1.77 bits per heavy atom. The van der Waals surface area contributed by atoms with Gasteiger partial charge in [0.2, 0.25) is 5.91 Å². The van der Waals surface area contributed by atoms with Crippen molar-refractivity contribution in [3.8, 4) is 0 Å². The van der Waals surface area contributed by atoms with Crippen molar-refractivity contribution >= 4 is 17.5 Å². The summed E-state index contributed by atoms with van der Waals surface area (Å²) in [5.74, 6) is -0.245. The fourth-order valence-corrected chi connectivity index (χ4v) is 6.13. The van der Waals surface area contributed by atoms with Crippen LogP contribution in [0.1, 0.15) is 79.6 Å². The SMILES string of the molecule is O=C(Nc1cccnc1)[C@@H]1c2ccccc2C(=O)N(C2CCCC2)C12CCCCC2. The van der Waals surface area contributed by atoms with Crippen LogP contribution < -0.4 is 5.32 Å². The molecule has 0 unspecified atom stereocenters. The van der Waals surface area contributed by atoms with Crippen LogP contribution in [0.2, 0.25) is 0 Å². The van der Waals surface area contributed by atoms with Crippen molar-refractivity contribution in [1.82, 2.24) is 9.88 Å². The zero-order valence-electron chi connectivity index (χ0n) is 17.3. The molecule has 0 saturated heterocycles. The maximum absolute atomic E-state index is 13.8. The van der Waals surface area contributed by atoms with Crippen LogP contribution in [-0.4, -0.2) is 33.3 Å². The topological polar surface area (TPSA) is 62.3 Å². The Labute approximate surface area is 177 Å². The van der Waals surface area contributed by atoms with Gasteiger partial charge in [-0.05, 0) is 49.4 Å². The number of hydrogen-bond acceptors (Lipinski definition) is 3. The number of benzene rings is 1. The fraction of sp³-hybridized carbons (Fsp3) is 0.480. The molecule has 0 radical (unpaired) electrons. The van der Waals surface area contributed by atoms with Crippen LogP contribution in [0, 0.1) is 0 Å². The fourth-order valence-electron chi connectivity index (χ4n) is 6.13. The molecule has 2 saturated carbocycles. The van der Waals surface area contributed by atoms with E-state index < -0.39 is 5.54 Å². The van der Waals surface area contributed by atoms with E-state index in [1.807, 2.05) is 36.4 Å². The van der Waals surface area contributed by atoms with Crippen molar-refractivity contribution in [2.24, 2.45) is 0 Å². The number of nitrogens with zero attached hydrogens (tertiary/aromatic N) is 2. The summed E-state index contributed by atoms with van der Waals surface area (Å²) in [6.45, 7) is 0. The molecule has 1 aliphatic heterocycles. The molecule has 5 heteroatoms. The molecule has 2 heterocycles. The van der Waals surface area contributed by atoms with E-state index in [0.29, 0.717) is 11.3 Å². The Morgan fingerprint density at radius 3 is 2.50 bits per heavy atom. The van der Waals surface area contributed by atoms with Crippen LogP contribution in [-0.2, 0) is 4.79 Å². The second-order valence-corrected chi connectivity index (χ2v) is 9.03. The first-order valence-corrected chi connectivity index (χ1v) is 11.3. The molecule has 2 fully saturated rings. The number of carbonyl (C=O) groups excluding carboxylic acids is 2. The highest BCUT2D eigenvalue weighted by Crippen LogP contribution is 2.51. The number of anilines is 1. The molecule has 0 bridgehead atoms. The molecule has 2 aliphatic carbocycles. The first kappa shape index (κ1) is 19.3. The highest BCUT2D eigenvalue weighted by Gasteiger charge is 2.56. The van der Waals surface area contributed by atoms with Crippen molar-refractivity contribution in [2.45, 2.75) is 75.3 Å². The van der Waals surface area contributed by atoms with E-state index in [-0.39, 0.29) is 23.8 Å². The molecular weight excluding hydrogens is 374 g/mol. The summed E-state index contributed by atoms with van der Waals surface area (Å²) in [5, 5.41) is 3.11. The largest absolute Gasteiger partial charge is 0.329 e. The van der Waals surface area contributed by atoms with Gasteiger partial charge in [-0.2, -0.15) is 0 Å². The summed E-state index contributed by atoms with van der Waals surface area (Å²) in [5.41, 5.74) is 1.87. The molecule has 3 aliphatic rings. The first-order chi connectivity index (χ1) is 14.7. The third-order valence-electron chi connectivity index (χ3n) is 7.34. The quantitative estimate of drug-likeness (QED) is 0.792. The van der Waals surface area contributed by atoms with E-state index in [1.54, 1.807) is 12.4 Å². The van der Waals surface area contributed by atoms with Crippen molar-refractivity contribution in [3.05, 3.63) is 59.9 Å². The summed E-state index contributed by atoms with van der Waals surface area (Å²) in [6.07, 6.45) is 12.9. The molecule has 30 heavy (non-hydrogen) atoms. The number of rotatable bonds is 3. The van der Waals surface area contributed by atoms with Crippen LogP contribution in [0.25, 0.3) is 0 Å². The van der Waals surface area contributed by atoms with E-state index >= 15 is 0 Å². The lowest BCUT2D eigenvalue weighted by atomic mass is 9.64. The molecule has 156 valence electrons. The third-order valence-corrected chi connectivity index (χ3v) is 7.34. The number of carbonyl (C=O) groups is 2. The second kappa shape index (κ2) is 7.86. The van der Waals surface area contributed by atoms with Crippen molar-refractivity contribution in [3.63, 3.8) is 0 Å². The summed E-state index contributed by atoms with van der Waals surface area (Å²) < 4.78 is 0. The minimum atomic E-state index is -0.426. The first-order valence-electron chi connectivity index (χ1n) is 11.3. The number of aromatic nitrogens is 1. The van der Waals surface area contributed by atoms with Gasteiger partial charge in [0.1, 0.15) is 0 Å². The average molecular weight is 404 g/mol. The van der Waals surface area contributed by atoms with Gasteiger partial charge in [-0.3, -0.25) is 14.6 Å². The lowest BCUT2D eigenvalue weighted by Gasteiger charge is -2.56. The number of nitrogens with one attached hydrogen (secondary N) is 1. The second-order valence-electron chi connectivity index (χ2n) is 9.03. The van der Waals surface area contributed by atoms with Gasteiger partial charge in [-0.1, -0.05) is 50.3 Å². The van der Waals surface area contributed by atoms with Gasteiger partial charge in [-0.15, -0.1) is 0 Å². The predicted octanol–water partition coefficient (Wildman–Crippen LogP) is 4.91. The molecule has 1 N–H and O–H groups in total. The van der Waals surface area contributed by atoms with E-state index in [0.717, 1.165) is 44.1 Å². The molecular formula is C25H29N3O2. The monoisotopic (exact) mass is 403 g/mol. The zero-order chi connectivity index (χ0) is 20.6. The molecule has 1 atom stereocenters. The lowest BCUT2D eigenvalue weighted by Crippen LogP contribution is -2.64. The molecule has 1 aromatic heterocycles. The normalized spacial score (nSPS) is 23.4. The van der Waals surface area contributed by atoms with E-state index in [1.165, 1.54) is 19.3 Å². The highest BCUT2D eigenvalue weighted by atomic mass is 16.2. The Kier molecular flexibility index (Phi) is 5.05. The zero-order valence-corrected chi connectivity index (χ0v) is 17.3. The Morgan fingerprint density at radius 1 is 1.00 bits per heavy atom. The standard InChI is InChI=1S/C25H29N3O2/c29-23(27-18-9-8-16-26-17-18)22-20-12-4-5-13-21(20)24(30)28(19-10-2-3-11-19)25(22)14-6-1-7-15-25/h4-5,8-9,12-13,16-17,19,22H,1-3,6-7,10-11,14-15H2,(H,27,29)/t22-/m0/s1. The maximum atomic E-state index is 13.8. The van der Waals surface area contributed by atoms with Crippen LogP contribution >= 0.6 is 0 Å². The molecule has 5 nitrogen and oxygen atoms in total. The summed E-state index contributed by atoms with van der Waals surface area (Å²) >= 11 is 0. The van der Waals surface area contributed by atoms with Gasteiger partial charge in [-0.25, -0.2) is 0 Å².